The first-order valence-corrected chi connectivity index (χ1v) is 9.19. The van der Waals surface area contributed by atoms with Crippen molar-refractivity contribution >= 4 is 17.7 Å². The molecule has 0 spiro atoms. The summed E-state index contributed by atoms with van der Waals surface area (Å²) >= 11 is 1.51. The van der Waals surface area contributed by atoms with E-state index in [9.17, 15) is 4.79 Å². The second-order valence-corrected chi connectivity index (χ2v) is 7.19. The van der Waals surface area contributed by atoms with Crippen LogP contribution in [0.15, 0.2) is 47.4 Å². The molecular weight excluding hydrogens is 350 g/mol. The van der Waals surface area contributed by atoms with Gasteiger partial charge >= 0.3 is 0 Å². The maximum Gasteiger partial charge on any atom is 0.233 e. The van der Waals surface area contributed by atoms with E-state index in [2.05, 4.69) is 5.32 Å². The average Bonchev–Trinajstić information content (AvgIpc) is 2.67. The molecule has 0 aromatic heterocycles. The molecule has 2 aromatic carbocycles. The zero-order valence-corrected chi connectivity index (χ0v) is 16.6. The van der Waals surface area contributed by atoms with Crippen LogP contribution in [0.2, 0.25) is 0 Å². The zero-order chi connectivity index (χ0) is 19.1. The Morgan fingerprint density at radius 3 is 2.15 bits per heavy atom. The van der Waals surface area contributed by atoms with Gasteiger partial charge in [0.1, 0.15) is 5.75 Å². The van der Waals surface area contributed by atoms with Crippen LogP contribution in [0.5, 0.6) is 17.2 Å². The molecular formula is C20H25NO4S. The Morgan fingerprint density at radius 1 is 0.923 bits per heavy atom. The zero-order valence-electron chi connectivity index (χ0n) is 15.7. The van der Waals surface area contributed by atoms with Crippen LogP contribution in [-0.2, 0) is 4.79 Å². The van der Waals surface area contributed by atoms with Crippen LogP contribution in [0.1, 0.15) is 25.5 Å². The van der Waals surface area contributed by atoms with Crippen molar-refractivity contribution in [1.82, 2.24) is 5.32 Å². The van der Waals surface area contributed by atoms with Crippen LogP contribution < -0.4 is 19.5 Å². The normalized spacial score (nSPS) is 12.8. The molecule has 1 amide bonds. The highest BCUT2D eigenvalue weighted by Crippen LogP contribution is 2.30. The van der Waals surface area contributed by atoms with E-state index in [4.69, 9.17) is 14.2 Å². The maximum atomic E-state index is 12.5. The van der Waals surface area contributed by atoms with Gasteiger partial charge in [0, 0.05) is 4.90 Å². The number of thioether (sulfide) groups is 1. The predicted octanol–water partition coefficient (Wildman–Crippen LogP) is 4.07. The molecule has 0 heterocycles. The Bertz CT molecular complexity index is 733. The lowest BCUT2D eigenvalue weighted by atomic mass is 10.1. The van der Waals surface area contributed by atoms with E-state index in [1.165, 1.54) is 11.8 Å². The van der Waals surface area contributed by atoms with Gasteiger partial charge in [-0.2, -0.15) is 0 Å². The number of benzene rings is 2. The minimum Gasteiger partial charge on any atom is -0.497 e. The average molecular weight is 375 g/mol. The second-order valence-electron chi connectivity index (χ2n) is 5.78. The molecule has 6 heteroatoms. The van der Waals surface area contributed by atoms with Crippen LogP contribution in [0.3, 0.4) is 0 Å². The molecule has 2 rings (SSSR count). The first-order valence-electron chi connectivity index (χ1n) is 8.31. The molecule has 0 saturated carbocycles. The Morgan fingerprint density at radius 2 is 1.58 bits per heavy atom. The fourth-order valence-corrected chi connectivity index (χ4v) is 3.32. The van der Waals surface area contributed by atoms with Gasteiger partial charge in [0.15, 0.2) is 11.5 Å². The van der Waals surface area contributed by atoms with Crippen LogP contribution in [-0.4, -0.2) is 32.5 Å². The smallest absolute Gasteiger partial charge is 0.233 e. The molecule has 0 bridgehead atoms. The van der Waals surface area contributed by atoms with E-state index >= 15 is 0 Å². The fourth-order valence-electron chi connectivity index (χ4n) is 2.45. The quantitative estimate of drug-likeness (QED) is 0.705. The molecule has 2 aromatic rings. The van der Waals surface area contributed by atoms with E-state index in [0.717, 1.165) is 16.2 Å². The molecule has 0 aliphatic rings. The van der Waals surface area contributed by atoms with Crippen LogP contribution in [0.25, 0.3) is 0 Å². The minimum atomic E-state index is -0.217. The fraction of sp³-hybridized carbons (Fsp3) is 0.350. The SMILES string of the molecule is COc1ccc(S[C@H](C)C(=O)N[C@@H](C)c2ccc(OC)c(OC)c2)cc1. The predicted molar refractivity (Wildman–Crippen MR) is 104 cm³/mol. The van der Waals surface area contributed by atoms with Crippen molar-refractivity contribution in [3.05, 3.63) is 48.0 Å². The number of rotatable bonds is 8. The first kappa shape index (κ1) is 20.0. The second kappa shape index (κ2) is 9.38. The molecule has 0 radical (unpaired) electrons. The summed E-state index contributed by atoms with van der Waals surface area (Å²) in [5, 5.41) is 2.83. The molecule has 0 unspecified atom stereocenters. The monoisotopic (exact) mass is 375 g/mol. The molecule has 0 aliphatic heterocycles. The summed E-state index contributed by atoms with van der Waals surface area (Å²) in [7, 11) is 4.83. The minimum absolute atomic E-state index is 0.0203. The van der Waals surface area contributed by atoms with E-state index in [-0.39, 0.29) is 17.2 Å². The van der Waals surface area contributed by atoms with Crippen molar-refractivity contribution in [1.29, 1.82) is 0 Å². The summed E-state index contributed by atoms with van der Waals surface area (Å²) in [6.45, 7) is 3.84. The lowest BCUT2D eigenvalue weighted by Crippen LogP contribution is -2.33. The van der Waals surface area contributed by atoms with E-state index in [1.807, 2.05) is 56.3 Å². The van der Waals surface area contributed by atoms with Gasteiger partial charge in [0.2, 0.25) is 5.91 Å². The molecule has 0 saturated heterocycles. The number of amides is 1. The van der Waals surface area contributed by atoms with Gasteiger partial charge in [-0.1, -0.05) is 6.07 Å². The van der Waals surface area contributed by atoms with Gasteiger partial charge < -0.3 is 19.5 Å². The third-order valence-electron chi connectivity index (χ3n) is 4.01. The molecule has 2 atom stereocenters. The van der Waals surface area contributed by atoms with Crippen molar-refractivity contribution < 1.29 is 19.0 Å². The van der Waals surface area contributed by atoms with Crippen molar-refractivity contribution in [3.8, 4) is 17.2 Å². The number of hydrogen-bond donors (Lipinski definition) is 1. The summed E-state index contributed by atoms with van der Waals surface area (Å²) < 4.78 is 15.7. The number of ether oxygens (including phenoxy) is 3. The first-order chi connectivity index (χ1) is 12.5. The molecule has 140 valence electrons. The molecule has 5 nitrogen and oxygen atoms in total. The summed E-state index contributed by atoms with van der Waals surface area (Å²) in [4.78, 5) is 13.5. The molecule has 0 fully saturated rings. The van der Waals surface area contributed by atoms with Gasteiger partial charge in [-0.15, -0.1) is 11.8 Å². The van der Waals surface area contributed by atoms with Crippen molar-refractivity contribution in [2.24, 2.45) is 0 Å². The van der Waals surface area contributed by atoms with Crippen molar-refractivity contribution in [3.63, 3.8) is 0 Å². The third kappa shape index (κ3) is 5.08. The lowest BCUT2D eigenvalue weighted by Gasteiger charge is -2.19. The Labute approximate surface area is 159 Å². The van der Waals surface area contributed by atoms with Crippen LogP contribution in [0.4, 0.5) is 0 Å². The number of carbonyl (C=O) groups is 1. The molecule has 1 N–H and O–H groups in total. The maximum absolute atomic E-state index is 12.5. The van der Waals surface area contributed by atoms with Crippen LogP contribution in [0, 0.1) is 0 Å². The summed E-state index contributed by atoms with van der Waals surface area (Å²) in [6.07, 6.45) is 0. The summed E-state index contributed by atoms with van der Waals surface area (Å²) in [6, 6.07) is 13.2. The van der Waals surface area contributed by atoms with Crippen molar-refractivity contribution in [2.75, 3.05) is 21.3 Å². The van der Waals surface area contributed by atoms with E-state index in [0.29, 0.717) is 11.5 Å². The Hall–Kier alpha value is -2.34. The van der Waals surface area contributed by atoms with E-state index in [1.54, 1.807) is 21.3 Å². The number of hydrogen-bond acceptors (Lipinski definition) is 5. The summed E-state index contributed by atoms with van der Waals surface area (Å²) in [5.41, 5.74) is 0.956. The highest BCUT2D eigenvalue weighted by Gasteiger charge is 2.18. The molecule has 26 heavy (non-hydrogen) atoms. The Balaban J connectivity index is 1.98. The number of nitrogens with one attached hydrogen (secondary N) is 1. The Kier molecular flexibility index (Phi) is 7.21. The standard InChI is InChI=1S/C20H25NO4S/c1-13(15-6-11-18(24-4)19(12-15)25-5)21-20(22)14(2)26-17-9-7-16(23-3)8-10-17/h6-14H,1-5H3,(H,21,22)/t13-,14+/m0/s1. The topological polar surface area (TPSA) is 56.8 Å². The number of carbonyl (C=O) groups excluding carboxylic acids is 1. The van der Waals surface area contributed by atoms with Gasteiger partial charge in [0.25, 0.3) is 0 Å². The number of methoxy groups -OCH3 is 3. The van der Waals surface area contributed by atoms with Gasteiger partial charge in [0.05, 0.1) is 32.6 Å². The largest absolute Gasteiger partial charge is 0.497 e. The van der Waals surface area contributed by atoms with Crippen LogP contribution >= 0.6 is 11.8 Å². The van der Waals surface area contributed by atoms with Gasteiger partial charge in [-0.25, -0.2) is 0 Å². The summed E-state index contributed by atoms with van der Waals surface area (Å²) in [5.74, 6) is 2.09. The van der Waals surface area contributed by atoms with Crippen molar-refractivity contribution in [2.45, 2.75) is 30.0 Å². The highest BCUT2D eigenvalue weighted by molar-refractivity contribution is 8.00. The van der Waals surface area contributed by atoms with Gasteiger partial charge in [-0.3, -0.25) is 4.79 Å². The molecule has 0 aliphatic carbocycles. The third-order valence-corrected chi connectivity index (χ3v) is 5.12. The lowest BCUT2D eigenvalue weighted by molar-refractivity contribution is -0.120. The van der Waals surface area contributed by atoms with Gasteiger partial charge in [-0.05, 0) is 55.8 Å². The highest BCUT2D eigenvalue weighted by atomic mass is 32.2. The van der Waals surface area contributed by atoms with E-state index < -0.39 is 0 Å².